The van der Waals surface area contributed by atoms with Gasteiger partial charge in [0.2, 0.25) is 5.95 Å². The quantitative estimate of drug-likeness (QED) is 0.237. The van der Waals surface area contributed by atoms with Crippen LogP contribution in [0.4, 0.5) is 23.0 Å². The number of aromatic nitrogens is 4. The third-order valence-electron chi connectivity index (χ3n) is 7.16. The summed E-state index contributed by atoms with van der Waals surface area (Å²) < 4.78 is 2.09. The molecule has 2 aromatic heterocycles. The van der Waals surface area contributed by atoms with Gasteiger partial charge in [0, 0.05) is 67.7 Å². The Labute approximate surface area is 235 Å². The number of nitrogens with one attached hydrogen (secondary N) is 3. The maximum absolute atomic E-state index is 4.74. The Morgan fingerprint density at radius 2 is 1.70 bits per heavy atom. The predicted molar refractivity (Wildman–Crippen MR) is 163 cm³/mol. The van der Waals surface area contributed by atoms with Crippen LogP contribution in [0.1, 0.15) is 16.8 Å². The van der Waals surface area contributed by atoms with Crippen molar-refractivity contribution in [2.45, 2.75) is 20.4 Å². The van der Waals surface area contributed by atoms with Crippen LogP contribution in [0.2, 0.25) is 0 Å². The van der Waals surface area contributed by atoms with Crippen molar-refractivity contribution in [1.82, 2.24) is 24.8 Å². The van der Waals surface area contributed by atoms with Gasteiger partial charge in [-0.25, -0.2) is 15.0 Å². The molecule has 0 amide bonds. The Kier molecular flexibility index (Phi) is 7.41. The van der Waals surface area contributed by atoms with Crippen LogP contribution in [0.25, 0.3) is 16.9 Å². The van der Waals surface area contributed by atoms with Crippen molar-refractivity contribution >= 4 is 23.0 Å². The first-order valence-corrected chi connectivity index (χ1v) is 13.7. The van der Waals surface area contributed by atoms with Crippen molar-refractivity contribution in [3.05, 3.63) is 108 Å². The molecule has 5 aromatic rings. The predicted octanol–water partition coefficient (Wildman–Crippen LogP) is 5.71. The van der Waals surface area contributed by atoms with Crippen molar-refractivity contribution in [3.8, 4) is 16.9 Å². The highest BCUT2D eigenvalue weighted by Crippen LogP contribution is 2.27. The zero-order valence-electron chi connectivity index (χ0n) is 22.9. The van der Waals surface area contributed by atoms with E-state index in [1.54, 1.807) is 6.20 Å². The van der Waals surface area contributed by atoms with E-state index < -0.39 is 0 Å². The summed E-state index contributed by atoms with van der Waals surface area (Å²) in [4.78, 5) is 16.1. The molecule has 0 aliphatic carbocycles. The third-order valence-corrected chi connectivity index (χ3v) is 7.16. The summed E-state index contributed by atoms with van der Waals surface area (Å²) in [5.41, 5.74) is 9.64. The minimum atomic E-state index is 0.582. The molecule has 1 fully saturated rings. The highest BCUT2D eigenvalue weighted by Gasteiger charge is 2.13. The summed E-state index contributed by atoms with van der Waals surface area (Å²) in [7, 11) is 0. The van der Waals surface area contributed by atoms with E-state index in [4.69, 9.17) is 4.98 Å². The lowest BCUT2D eigenvalue weighted by Gasteiger charge is -2.30. The summed E-state index contributed by atoms with van der Waals surface area (Å²) in [6.45, 7) is 8.77. The summed E-state index contributed by atoms with van der Waals surface area (Å²) >= 11 is 0. The molecule has 0 spiro atoms. The van der Waals surface area contributed by atoms with Crippen LogP contribution in [-0.4, -0.2) is 45.7 Å². The van der Waals surface area contributed by atoms with E-state index in [0.717, 1.165) is 65.8 Å². The molecule has 8 heteroatoms. The van der Waals surface area contributed by atoms with Gasteiger partial charge in [0.15, 0.2) is 0 Å². The Morgan fingerprint density at radius 1 is 0.875 bits per heavy atom. The van der Waals surface area contributed by atoms with Crippen LogP contribution in [0.3, 0.4) is 0 Å². The van der Waals surface area contributed by atoms with E-state index in [-0.39, 0.29) is 0 Å². The molecule has 202 valence electrons. The Balaban J connectivity index is 1.21. The van der Waals surface area contributed by atoms with Gasteiger partial charge in [-0.2, -0.15) is 0 Å². The average molecular weight is 531 g/mol. The topological polar surface area (TPSA) is 82.9 Å². The van der Waals surface area contributed by atoms with Crippen LogP contribution in [-0.2, 0) is 6.54 Å². The van der Waals surface area contributed by atoms with Gasteiger partial charge < -0.3 is 25.4 Å². The molecular formula is C32H34N8. The molecule has 0 bridgehead atoms. The van der Waals surface area contributed by atoms with Crippen molar-refractivity contribution in [2.24, 2.45) is 0 Å². The SMILES string of the molecule is Cc1cn(-c2cc(NCc3ccc(C)c(Nc4nccc(-c5ccccc5)n4)c3)cc(N3CCNCC3)c2)cn1. The first-order chi connectivity index (χ1) is 19.6. The van der Waals surface area contributed by atoms with E-state index in [1.807, 2.05) is 37.5 Å². The van der Waals surface area contributed by atoms with Crippen LogP contribution in [0.15, 0.2) is 91.5 Å². The first-order valence-electron chi connectivity index (χ1n) is 13.7. The third kappa shape index (κ3) is 5.97. The molecule has 0 atom stereocenters. The van der Waals surface area contributed by atoms with Gasteiger partial charge in [-0.05, 0) is 55.3 Å². The van der Waals surface area contributed by atoms with E-state index in [2.05, 4.69) is 97.0 Å². The fraction of sp³-hybridized carbons (Fsp3) is 0.219. The van der Waals surface area contributed by atoms with E-state index in [0.29, 0.717) is 12.5 Å². The smallest absolute Gasteiger partial charge is 0.227 e. The molecule has 0 unspecified atom stereocenters. The van der Waals surface area contributed by atoms with Gasteiger partial charge in [0.1, 0.15) is 0 Å². The molecule has 3 N–H and O–H groups in total. The molecule has 0 radical (unpaired) electrons. The summed E-state index contributed by atoms with van der Waals surface area (Å²) in [5, 5.41) is 10.5. The van der Waals surface area contributed by atoms with Gasteiger partial charge in [-0.15, -0.1) is 0 Å². The van der Waals surface area contributed by atoms with E-state index in [1.165, 1.54) is 11.3 Å². The number of hydrogen-bond acceptors (Lipinski definition) is 7. The second kappa shape index (κ2) is 11.6. The molecular weight excluding hydrogens is 496 g/mol. The molecule has 40 heavy (non-hydrogen) atoms. The Bertz CT molecular complexity index is 1590. The zero-order valence-corrected chi connectivity index (χ0v) is 22.9. The van der Waals surface area contributed by atoms with Crippen molar-refractivity contribution < 1.29 is 0 Å². The highest BCUT2D eigenvalue weighted by atomic mass is 15.2. The van der Waals surface area contributed by atoms with Gasteiger partial charge in [-0.1, -0.05) is 42.5 Å². The van der Waals surface area contributed by atoms with Crippen molar-refractivity contribution in [1.29, 1.82) is 0 Å². The van der Waals surface area contributed by atoms with Gasteiger partial charge >= 0.3 is 0 Å². The normalized spacial score (nSPS) is 13.3. The van der Waals surface area contributed by atoms with Gasteiger partial charge in [0.25, 0.3) is 0 Å². The second-order valence-electron chi connectivity index (χ2n) is 10.2. The summed E-state index contributed by atoms with van der Waals surface area (Å²) in [6, 6.07) is 25.2. The minimum absolute atomic E-state index is 0.582. The fourth-order valence-corrected chi connectivity index (χ4v) is 4.94. The van der Waals surface area contributed by atoms with Crippen LogP contribution >= 0.6 is 0 Å². The number of nitrogens with zero attached hydrogens (tertiary/aromatic N) is 5. The summed E-state index contributed by atoms with van der Waals surface area (Å²) in [5.74, 6) is 0.582. The number of aryl methyl sites for hydroxylation is 2. The van der Waals surface area contributed by atoms with Crippen molar-refractivity contribution in [3.63, 3.8) is 0 Å². The Hall–Kier alpha value is -4.69. The number of rotatable bonds is 8. The fourth-order valence-electron chi connectivity index (χ4n) is 4.94. The lowest BCUT2D eigenvalue weighted by atomic mass is 10.1. The lowest BCUT2D eigenvalue weighted by molar-refractivity contribution is 0.589. The molecule has 3 heterocycles. The molecule has 0 saturated carbocycles. The largest absolute Gasteiger partial charge is 0.381 e. The van der Waals surface area contributed by atoms with Gasteiger partial charge in [-0.3, -0.25) is 0 Å². The average Bonchev–Trinajstić information content (AvgIpc) is 3.45. The number of piperazine rings is 1. The number of benzene rings is 3. The highest BCUT2D eigenvalue weighted by molar-refractivity contribution is 5.66. The second-order valence-corrected chi connectivity index (χ2v) is 10.2. The monoisotopic (exact) mass is 530 g/mol. The number of hydrogen-bond donors (Lipinski definition) is 3. The van der Waals surface area contributed by atoms with Crippen molar-refractivity contribution in [2.75, 3.05) is 41.7 Å². The molecule has 8 nitrogen and oxygen atoms in total. The lowest BCUT2D eigenvalue weighted by Crippen LogP contribution is -2.43. The van der Waals surface area contributed by atoms with Gasteiger partial charge in [0.05, 0.1) is 23.4 Å². The Morgan fingerprint density at radius 3 is 2.50 bits per heavy atom. The van der Waals surface area contributed by atoms with Crippen LogP contribution in [0, 0.1) is 13.8 Å². The molecule has 1 saturated heterocycles. The molecule has 1 aliphatic rings. The maximum atomic E-state index is 4.74. The van der Waals surface area contributed by atoms with Crippen LogP contribution in [0.5, 0.6) is 0 Å². The molecule has 6 rings (SSSR count). The number of imidazole rings is 1. The summed E-state index contributed by atoms with van der Waals surface area (Å²) in [6.07, 6.45) is 5.74. The van der Waals surface area contributed by atoms with E-state index in [9.17, 15) is 0 Å². The zero-order chi connectivity index (χ0) is 27.3. The maximum Gasteiger partial charge on any atom is 0.227 e. The van der Waals surface area contributed by atoms with Crippen LogP contribution < -0.4 is 20.9 Å². The minimum Gasteiger partial charge on any atom is -0.381 e. The molecule has 1 aliphatic heterocycles. The standard InChI is InChI=1S/C32H34N8/c1-23-8-9-25(16-31(23)38-32-34-11-10-30(37-32)26-6-4-3-5-7-26)20-35-27-17-28(39-14-12-33-13-15-39)19-29(18-27)40-21-24(2)36-22-40/h3-11,16-19,21-22,33,35H,12-15,20H2,1-2H3,(H,34,37,38). The first kappa shape index (κ1) is 25.6. The molecule has 3 aromatic carbocycles. The van der Waals surface area contributed by atoms with E-state index >= 15 is 0 Å². The number of anilines is 4.